The Labute approximate surface area is 83.1 Å². The highest BCUT2D eigenvalue weighted by Gasteiger charge is 2.39. The summed E-state index contributed by atoms with van der Waals surface area (Å²) in [6.45, 7) is 0.269. The highest BCUT2D eigenvalue weighted by atomic mass is 16.4. The van der Waals surface area contributed by atoms with Gasteiger partial charge in [-0.15, -0.1) is 0 Å². The smallest absolute Gasteiger partial charge is 0.308 e. The topological polar surface area (TPSA) is 69.6 Å². The van der Waals surface area contributed by atoms with Crippen LogP contribution in [0.2, 0.25) is 0 Å². The van der Waals surface area contributed by atoms with E-state index in [9.17, 15) is 9.59 Å². The molecule has 0 heterocycles. The van der Waals surface area contributed by atoms with E-state index in [1.165, 1.54) is 0 Å². The van der Waals surface area contributed by atoms with E-state index in [1.54, 1.807) is 19.0 Å². The number of carboxylic acid groups (broad SMARTS) is 1. The average Bonchev–Trinajstić information content (AvgIpc) is 2.00. The summed E-state index contributed by atoms with van der Waals surface area (Å²) in [5.74, 6) is -1.14. The molecule has 1 aliphatic carbocycles. The number of aliphatic carboxylic acids is 1. The number of hydrogen-bond donors (Lipinski definition) is 2. The molecule has 0 aromatic rings. The van der Waals surface area contributed by atoms with Gasteiger partial charge >= 0.3 is 5.97 Å². The molecule has 0 spiro atoms. The van der Waals surface area contributed by atoms with Crippen LogP contribution in [-0.2, 0) is 9.59 Å². The van der Waals surface area contributed by atoms with Crippen molar-refractivity contribution in [3.05, 3.63) is 0 Å². The minimum absolute atomic E-state index is 0.0183. The fraction of sp³-hybridized carbons (Fsp3) is 0.778. The number of likely N-dealkylation sites (N-methyl/N-ethyl adjacent to an activating group) is 2. The number of hydrogen-bond acceptors (Lipinski definition) is 3. The van der Waals surface area contributed by atoms with Crippen LogP contribution in [-0.4, -0.2) is 48.6 Å². The molecule has 2 N–H and O–H groups in total. The van der Waals surface area contributed by atoms with E-state index in [1.807, 2.05) is 0 Å². The Balaban J connectivity index is 2.41. The summed E-state index contributed by atoms with van der Waals surface area (Å²) < 4.78 is 0. The summed E-state index contributed by atoms with van der Waals surface area (Å²) in [7, 11) is 3.36. The summed E-state index contributed by atoms with van der Waals surface area (Å²) in [6, 6.07) is 0.0183. The molecule has 2 atom stereocenters. The Morgan fingerprint density at radius 2 is 2.14 bits per heavy atom. The van der Waals surface area contributed by atoms with Crippen LogP contribution in [0, 0.1) is 5.92 Å². The molecule has 0 aromatic carbocycles. The Bertz CT molecular complexity index is 242. The van der Waals surface area contributed by atoms with Gasteiger partial charge in [0.05, 0.1) is 12.5 Å². The summed E-state index contributed by atoms with van der Waals surface area (Å²) in [6.07, 6.45) is 1.59. The molecule has 5 nitrogen and oxygen atoms in total. The molecule has 0 bridgehead atoms. The SMILES string of the molecule is CNC(=O)CN(C)C1CCC1C(=O)O. The molecule has 1 rings (SSSR count). The highest BCUT2D eigenvalue weighted by molar-refractivity contribution is 5.78. The van der Waals surface area contributed by atoms with Gasteiger partial charge in [0.2, 0.25) is 5.91 Å². The molecule has 1 aliphatic rings. The van der Waals surface area contributed by atoms with Gasteiger partial charge in [-0.05, 0) is 19.9 Å². The minimum atomic E-state index is -0.759. The van der Waals surface area contributed by atoms with Crippen molar-refractivity contribution in [2.75, 3.05) is 20.6 Å². The van der Waals surface area contributed by atoms with Gasteiger partial charge in [-0.25, -0.2) is 0 Å². The molecule has 0 radical (unpaired) electrons. The van der Waals surface area contributed by atoms with Crippen LogP contribution in [0.4, 0.5) is 0 Å². The molecular weight excluding hydrogens is 184 g/mol. The fourth-order valence-corrected chi connectivity index (χ4v) is 1.72. The lowest BCUT2D eigenvalue weighted by Crippen LogP contribution is -2.51. The van der Waals surface area contributed by atoms with Gasteiger partial charge < -0.3 is 10.4 Å². The van der Waals surface area contributed by atoms with E-state index in [4.69, 9.17) is 5.11 Å². The van der Waals surface area contributed by atoms with Crippen LogP contribution in [0.3, 0.4) is 0 Å². The number of nitrogens with one attached hydrogen (secondary N) is 1. The van der Waals surface area contributed by atoms with E-state index in [0.29, 0.717) is 0 Å². The first kappa shape index (κ1) is 11.0. The number of amides is 1. The lowest BCUT2D eigenvalue weighted by atomic mass is 9.79. The lowest BCUT2D eigenvalue weighted by Gasteiger charge is -2.39. The van der Waals surface area contributed by atoms with Crippen molar-refractivity contribution in [2.24, 2.45) is 5.92 Å². The number of carbonyl (C=O) groups is 2. The van der Waals surface area contributed by atoms with Crippen molar-refractivity contribution in [1.82, 2.24) is 10.2 Å². The Hall–Kier alpha value is -1.10. The van der Waals surface area contributed by atoms with E-state index < -0.39 is 5.97 Å². The van der Waals surface area contributed by atoms with Crippen molar-refractivity contribution in [3.8, 4) is 0 Å². The van der Waals surface area contributed by atoms with Crippen LogP contribution < -0.4 is 5.32 Å². The fourth-order valence-electron chi connectivity index (χ4n) is 1.72. The molecule has 1 saturated carbocycles. The van der Waals surface area contributed by atoms with Gasteiger partial charge in [0.25, 0.3) is 0 Å². The highest BCUT2D eigenvalue weighted by Crippen LogP contribution is 2.31. The first-order valence-corrected chi connectivity index (χ1v) is 4.70. The average molecular weight is 200 g/mol. The summed E-state index contributed by atoms with van der Waals surface area (Å²) in [4.78, 5) is 23.6. The maximum absolute atomic E-state index is 11.0. The first-order chi connectivity index (χ1) is 6.56. The van der Waals surface area contributed by atoms with Gasteiger partial charge in [0.1, 0.15) is 0 Å². The van der Waals surface area contributed by atoms with E-state index in [0.717, 1.165) is 12.8 Å². The van der Waals surface area contributed by atoms with E-state index in [2.05, 4.69) is 5.32 Å². The number of carbonyl (C=O) groups excluding carboxylic acids is 1. The molecule has 0 aromatic heterocycles. The Kier molecular flexibility index (Phi) is 3.46. The zero-order chi connectivity index (χ0) is 10.7. The molecule has 0 aliphatic heterocycles. The normalized spacial score (nSPS) is 25.6. The van der Waals surface area contributed by atoms with Gasteiger partial charge in [-0.1, -0.05) is 0 Å². The monoisotopic (exact) mass is 200 g/mol. The number of nitrogens with zero attached hydrogens (tertiary/aromatic N) is 1. The van der Waals surface area contributed by atoms with E-state index >= 15 is 0 Å². The molecule has 5 heteroatoms. The third-order valence-corrected chi connectivity index (χ3v) is 2.79. The standard InChI is InChI=1S/C9H16N2O3/c1-10-8(12)5-11(2)7-4-3-6(7)9(13)14/h6-7H,3-5H2,1-2H3,(H,10,12)(H,13,14). The molecule has 1 fully saturated rings. The van der Waals surface area contributed by atoms with Crippen molar-refractivity contribution < 1.29 is 14.7 Å². The Morgan fingerprint density at radius 1 is 1.50 bits per heavy atom. The van der Waals surface area contributed by atoms with Gasteiger partial charge in [-0.2, -0.15) is 0 Å². The zero-order valence-electron chi connectivity index (χ0n) is 8.49. The molecular formula is C9H16N2O3. The third-order valence-electron chi connectivity index (χ3n) is 2.79. The van der Waals surface area contributed by atoms with Crippen LogP contribution in [0.1, 0.15) is 12.8 Å². The second-order valence-electron chi connectivity index (χ2n) is 3.68. The largest absolute Gasteiger partial charge is 0.481 e. The van der Waals surface area contributed by atoms with Crippen LogP contribution in [0.25, 0.3) is 0 Å². The predicted molar refractivity (Wildman–Crippen MR) is 50.8 cm³/mol. The van der Waals surface area contributed by atoms with E-state index in [-0.39, 0.29) is 24.4 Å². The number of carboxylic acids is 1. The van der Waals surface area contributed by atoms with Crippen molar-refractivity contribution in [1.29, 1.82) is 0 Å². The molecule has 1 amide bonds. The molecule has 2 unspecified atom stereocenters. The van der Waals surface area contributed by atoms with Crippen LogP contribution in [0.15, 0.2) is 0 Å². The predicted octanol–water partition coefficient (Wildman–Crippen LogP) is -0.473. The van der Waals surface area contributed by atoms with Crippen molar-refractivity contribution in [3.63, 3.8) is 0 Å². The first-order valence-electron chi connectivity index (χ1n) is 4.70. The van der Waals surface area contributed by atoms with Crippen LogP contribution >= 0.6 is 0 Å². The summed E-state index contributed by atoms with van der Waals surface area (Å²) in [5.41, 5.74) is 0. The van der Waals surface area contributed by atoms with Crippen LogP contribution in [0.5, 0.6) is 0 Å². The minimum Gasteiger partial charge on any atom is -0.481 e. The van der Waals surface area contributed by atoms with Crippen molar-refractivity contribution in [2.45, 2.75) is 18.9 Å². The van der Waals surface area contributed by atoms with Gasteiger partial charge in [0.15, 0.2) is 0 Å². The molecule has 0 saturated heterocycles. The second-order valence-corrected chi connectivity index (χ2v) is 3.68. The maximum Gasteiger partial charge on any atom is 0.308 e. The Morgan fingerprint density at radius 3 is 2.50 bits per heavy atom. The second kappa shape index (κ2) is 4.41. The zero-order valence-corrected chi connectivity index (χ0v) is 8.49. The third kappa shape index (κ3) is 2.23. The summed E-state index contributed by atoms with van der Waals surface area (Å²) in [5, 5.41) is 11.3. The quantitative estimate of drug-likeness (QED) is 0.643. The van der Waals surface area contributed by atoms with Gasteiger partial charge in [-0.3, -0.25) is 14.5 Å². The van der Waals surface area contributed by atoms with Gasteiger partial charge in [0, 0.05) is 13.1 Å². The lowest BCUT2D eigenvalue weighted by molar-refractivity contribution is -0.149. The summed E-state index contributed by atoms with van der Waals surface area (Å²) >= 11 is 0. The molecule has 14 heavy (non-hydrogen) atoms. The molecule has 80 valence electrons. The van der Waals surface area contributed by atoms with Crippen molar-refractivity contribution >= 4 is 11.9 Å². The maximum atomic E-state index is 11.0. The number of rotatable bonds is 4.